The monoisotopic (exact) mass is 720 g/mol. The van der Waals surface area contributed by atoms with Gasteiger partial charge in [-0.2, -0.15) is 0 Å². The summed E-state index contributed by atoms with van der Waals surface area (Å²) in [6.07, 6.45) is -0.243. The standard InChI is InChI=1S/C24H20Br4O6/c1-4-32-22(29)13(3)6-20(24(31)33-5-2)21(14-7-16(25)11-17(26)8-14)34-23(30)15-9-18(27)12-19(28)10-15/h7-12H,3-6H2,1-2H3/b21-20-. The van der Waals surface area contributed by atoms with Gasteiger partial charge in [0.05, 0.1) is 24.4 Å². The van der Waals surface area contributed by atoms with Gasteiger partial charge in [0.2, 0.25) is 0 Å². The molecule has 0 spiro atoms. The summed E-state index contributed by atoms with van der Waals surface area (Å²) in [5.74, 6) is -2.19. The molecule has 2 aromatic carbocycles. The molecule has 0 N–H and O–H groups in total. The van der Waals surface area contributed by atoms with Crippen LogP contribution in [0.15, 0.2) is 72.0 Å². The summed E-state index contributed by atoms with van der Waals surface area (Å²) < 4.78 is 18.6. The number of rotatable bonds is 9. The van der Waals surface area contributed by atoms with Crippen molar-refractivity contribution in [3.63, 3.8) is 0 Å². The van der Waals surface area contributed by atoms with E-state index in [1.807, 2.05) is 0 Å². The number of esters is 3. The van der Waals surface area contributed by atoms with E-state index in [9.17, 15) is 14.4 Å². The topological polar surface area (TPSA) is 78.9 Å². The molecule has 34 heavy (non-hydrogen) atoms. The van der Waals surface area contributed by atoms with Gasteiger partial charge in [0.25, 0.3) is 0 Å². The molecule has 0 unspecified atom stereocenters. The Morgan fingerprint density at radius 2 is 1.18 bits per heavy atom. The third-order valence-corrected chi connectivity index (χ3v) is 6.00. The van der Waals surface area contributed by atoms with E-state index in [2.05, 4.69) is 70.3 Å². The molecule has 0 aromatic heterocycles. The van der Waals surface area contributed by atoms with Crippen LogP contribution in [0.4, 0.5) is 0 Å². The van der Waals surface area contributed by atoms with Gasteiger partial charge in [-0.15, -0.1) is 0 Å². The van der Waals surface area contributed by atoms with E-state index >= 15 is 0 Å². The summed E-state index contributed by atoms with van der Waals surface area (Å²) in [5.41, 5.74) is 0.605. The van der Waals surface area contributed by atoms with Crippen molar-refractivity contribution in [3.05, 3.63) is 83.1 Å². The first kappa shape index (κ1) is 28.5. The maximum atomic E-state index is 13.1. The number of benzene rings is 2. The van der Waals surface area contributed by atoms with Crippen molar-refractivity contribution >= 4 is 87.4 Å². The minimum absolute atomic E-state index is 0.0118. The van der Waals surface area contributed by atoms with Gasteiger partial charge in [-0.3, -0.25) is 0 Å². The Hall–Kier alpha value is -1.75. The lowest BCUT2D eigenvalue weighted by Gasteiger charge is -2.17. The first-order chi connectivity index (χ1) is 16.0. The molecule has 0 fully saturated rings. The Balaban J connectivity index is 2.68. The van der Waals surface area contributed by atoms with Crippen molar-refractivity contribution in [3.8, 4) is 0 Å². The van der Waals surface area contributed by atoms with Gasteiger partial charge >= 0.3 is 17.9 Å². The van der Waals surface area contributed by atoms with Crippen LogP contribution >= 0.6 is 63.7 Å². The first-order valence-corrected chi connectivity index (χ1v) is 13.1. The molecule has 0 bridgehead atoms. The molecule has 2 rings (SSSR count). The van der Waals surface area contributed by atoms with E-state index < -0.39 is 17.9 Å². The highest BCUT2D eigenvalue weighted by Crippen LogP contribution is 2.32. The third kappa shape index (κ3) is 8.18. The van der Waals surface area contributed by atoms with Gasteiger partial charge in [-0.05, 0) is 50.2 Å². The maximum absolute atomic E-state index is 13.1. The van der Waals surface area contributed by atoms with Crippen LogP contribution in [0, 0.1) is 0 Å². The Bertz CT molecular complexity index is 1120. The summed E-state index contributed by atoms with van der Waals surface area (Å²) >= 11 is 13.5. The number of carbonyl (C=O) groups is 3. The molecule has 0 saturated heterocycles. The molecule has 180 valence electrons. The van der Waals surface area contributed by atoms with E-state index in [0.717, 1.165) is 0 Å². The highest BCUT2D eigenvalue weighted by atomic mass is 79.9. The number of hydrogen-bond donors (Lipinski definition) is 0. The molecule has 0 saturated carbocycles. The summed E-state index contributed by atoms with van der Waals surface area (Å²) in [6.45, 7) is 7.28. The van der Waals surface area contributed by atoms with Crippen molar-refractivity contribution < 1.29 is 28.6 Å². The number of carbonyl (C=O) groups excluding carboxylic acids is 3. The van der Waals surface area contributed by atoms with Crippen LogP contribution in [0.1, 0.15) is 36.2 Å². The molecule has 10 heteroatoms. The van der Waals surface area contributed by atoms with Crippen LogP contribution in [0.3, 0.4) is 0 Å². The van der Waals surface area contributed by atoms with Gasteiger partial charge in [0.1, 0.15) is 5.76 Å². The quantitative estimate of drug-likeness (QED) is 0.116. The molecule has 0 atom stereocenters. The van der Waals surface area contributed by atoms with Gasteiger partial charge in [-0.1, -0.05) is 70.3 Å². The SMILES string of the molecule is C=C(C/C(C(=O)OCC)=C(/OC(=O)c1cc(Br)cc(Br)c1)c1cc(Br)cc(Br)c1)C(=O)OCC. The lowest BCUT2D eigenvalue weighted by molar-refractivity contribution is -0.139. The Morgan fingerprint density at radius 1 is 0.735 bits per heavy atom. The summed E-state index contributed by atoms with van der Waals surface area (Å²) in [6, 6.07) is 10.1. The zero-order valence-electron chi connectivity index (χ0n) is 18.3. The second kappa shape index (κ2) is 13.4. The normalized spacial score (nSPS) is 11.4. The molecule has 0 aliphatic rings. The lowest BCUT2D eigenvalue weighted by Crippen LogP contribution is -2.17. The smallest absolute Gasteiger partial charge is 0.343 e. The predicted octanol–water partition coefficient (Wildman–Crippen LogP) is 7.38. The fraction of sp³-hybridized carbons (Fsp3) is 0.208. The van der Waals surface area contributed by atoms with Crippen LogP contribution in [-0.4, -0.2) is 31.1 Å². The predicted molar refractivity (Wildman–Crippen MR) is 143 cm³/mol. The number of ether oxygens (including phenoxy) is 3. The average Bonchev–Trinajstić information content (AvgIpc) is 2.74. The van der Waals surface area contributed by atoms with Crippen LogP contribution in [0.5, 0.6) is 0 Å². The summed E-state index contributed by atoms with van der Waals surface area (Å²) in [5, 5.41) is 0. The van der Waals surface area contributed by atoms with E-state index in [0.29, 0.717) is 23.5 Å². The average molecular weight is 724 g/mol. The Morgan fingerprint density at radius 3 is 1.65 bits per heavy atom. The molecular weight excluding hydrogens is 704 g/mol. The van der Waals surface area contributed by atoms with E-state index in [-0.39, 0.29) is 42.1 Å². The Labute approximate surface area is 231 Å². The molecular formula is C24H20Br4O6. The van der Waals surface area contributed by atoms with Crippen molar-refractivity contribution in [2.24, 2.45) is 0 Å². The molecule has 0 aliphatic heterocycles. The van der Waals surface area contributed by atoms with Crippen LogP contribution in [0.25, 0.3) is 5.76 Å². The molecule has 0 heterocycles. The van der Waals surface area contributed by atoms with Gasteiger partial charge in [0.15, 0.2) is 0 Å². The largest absolute Gasteiger partial charge is 0.463 e. The minimum atomic E-state index is -0.748. The molecule has 2 aromatic rings. The fourth-order valence-electron chi connectivity index (χ4n) is 2.79. The lowest BCUT2D eigenvalue weighted by atomic mass is 10.0. The van der Waals surface area contributed by atoms with Crippen LogP contribution < -0.4 is 0 Å². The van der Waals surface area contributed by atoms with E-state index in [4.69, 9.17) is 14.2 Å². The molecule has 0 amide bonds. The number of halogens is 4. The fourth-order valence-corrected chi connectivity index (χ4v) is 5.37. The Kier molecular flexibility index (Phi) is 11.2. The molecule has 0 radical (unpaired) electrons. The van der Waals surface area contributed by atoms with Crippen molar-refractivity contribution in [1.29, 1.82) is 0 Å². The first-order valence-electron chi connectivity index (χ1n) is 9.95. The van der Waals surface area contributed by atoms with E-state index in [1.54, 1.807) is 50.2 Å². The van der Waals surface area contributed by atoms with Crippen LogP contribution in [-0.2, 0) is 23.8 Å². The summed E-state index contributed by atoms with van der Waals surface area (Å²) in [4.78, 5) is 38.3. The second-order valence-corrected chi connectivity index (χ2v) is 10.4. The number of hydrogen-bond acceptors (Lipinski definition) is 6. The minimum Gasteiger partial charge on any atom is -0.463 e. The zero-order chi connectivity index (χ0) is 25.4. The van der Waals surface area contributed by atoms with Gasteiger partial charge < -0.3 is 14.2 Å². The summed E-state index contributed by atoms with van der Waals surface area (Å²) in [7, 11) is 0. The van der Waals surface area contributed by atoms with Crippen molar-refractivity contribution in [2.45, 2.75) is 20.3 Å². The molecule has 0 aliphatic carbocycles. The van der Waals surface area contributed by atoms with Gasteiger partial charge in [0, 0.05) is 35.4 Å². The van der Waals surface area contributed by atoms with Crippen molar-refractivity contribution in [1.82, 2.24) is 0 Å². The zero-order valence-corrected chi connectivity index (χ0v) is 24.6. The third-order valence-electron chi connectivity index (χ3n) is 4.17. The highest BCUT2D eigenvalue weighted by molar-refractivity contribution is 9.11. The van der Waals surface area contributed by atoms with Crippen LogP contribution in [0.2, 0.25) is 0 Å². The van der Waals surface area contributed by atoms with Gasteiger partial charge in [-0.25, -0.2) is 14.4 Å². The second-order valence-electron chi connectivity index (χ2n) is 6.73. The van der Waals surface area contributed by atoms with E-state index in [1.165, 1.54) is 0 Å². The molecule has 6 nitrogen and oxygen atoms in total. The van der Waals surface area contributed by atoms with Crippen molar-refractivity contribution in [2.75, 3.05) is 13.2 Å². The maximum Gasteiger partial charge on any atom is 0.343 e. The highest BCUT2D eigenvalue weighted by Gasteiger charge is 2.26.